The molecule has 1 aromatic rings. The number of para-hydroxylation sites is 1. The Bertz CT molecular complexity index is 263. The molecule has 0 fully saturated rings. The quantitative estimate of drug-likeness (QED) is 0.701. The molecule has 0 aromatic heterocycles. The molecule has 0 saturated heterocycles. The fourth-order valence-electron chi connectivity index (χ4n) is 1.20. The normalized spacial score (nSPS) is 10.1. The molecule has 3 nitrogen and oxygen atoms in total. The first-order valence-electron chi connectivity index (χ1n) is 4.78. The Kier molecular flexibility index (Phi) is 5.04. The minimum Gasteiger partial charge on any atom is -0.493 e. The largest absolute Gasteiger partial charge is 0.493 e. The van der Waals surface area contributed by atoms with Gasteiger partial charge in [-0.25, -0.2) is 0 Å². The first kappa shape index (κ1) is 11.0. The maximum absolute atomic E-state index is 5.58. The third-order valence-corrected chi connectivity index (χ3v) is 1.94. The summed E-state index contributed by atoms with van der Waals surface area (Å²) in [5, 5.41) is 0. The average Bonchev–Trinajstić information content (AvgIpc) is 2.25. The van der Waals surface area contributed by atoms with Crippen molar-refractivity contribution in [2.24, 2.45) is 5.73 Å². The number of ether oxygens (including phenoxy) is 2. The van der Waals surface area contributed by atoms with Crippen LogP contribution in [-0.2, 0) is 11.3 Å². The number of rotatable bonds is 6. The second-order valence-electron chi connectivity index (χ2n) is 3.01. The highest BCUT2D eigenvalue weighted by Gasteiger charge is 1.99. The molecule has 0 unspecified atom stereocenters. The van der Waals surface area contributed by atoms with Crippen molar-refractivity contribution < 1.29 is 9.47 Å². The number of benzene rings is 1. The van der Waals surface area contributed by atoms with Crippen LogP contribution >= 0.6 is 0 Å². The van der Waals surface area contributed by atoms with Gasteiger partial charge in [0.15, 0.2) is 0 Å². The van der Waals surface area contributed by atoms with Gasteiger partial charge in [-0.3, -0.25) is 0 Å². The Morgan fingerprint density at radius 2 is 2.00 bits per heavy atom. The highest BCUT2D eigenvalue weighted by atomic mass is 16.5. The molecule has 0 aliphatic heterocycles. The van der Waals surface area contributed by atoms with Crippen molar-refractivity contribution in [3.05, 3.63) is 29.8 Å². The van der Waals surface area contributed by atoms with E-state index in [4.69, 9.17) is 15.2 Å². The summed E-state index contributed by atoms with van der Waals surface area (Å²) in [6.07, 6.45) is 0.898. The third-order valence-electron chi connectivity index (χ3n) is 1.94. The van der Waals surface area contributed by atoms with Crippen molar-refractivity contribution in [2.45, 2.75) is 13.0 Å². The first-order chi connectivity index (χ1) is 6.88. The van der Waals surface area contributed by atoms with E-state index in [0.717, 1.165) is 24.3 Å². The van der Waals surface area contributed by atoms with Crippen LogP contribution in [0, 0.1) is 0 Å². The molecule has 2 N–H and O–H groups in total. The van der Waals surface area contributed by atoms with Crippen molar-refractivity contribution in [3.63, 3.8) is 0 Å². The van der Waals surface area contributed by atoms with Gasteiger partial charge in [0.25, 0.3) is 0 Å². The van der Waals surface area contributed by atoms with Gasteiger partial charge in [0.05, 0.1) is 6.61 Å². The molecule has 78 valence electrons. The SMILES string of the molecule is COCCCOc1ccccc1CN. The van der Waals surface area contributed by atoms with Crippen LogP contribution in [0.25, 0.3) is 0 Å². The summed E-state index contributed by atoms with van der Waals surface area (Å²) in [5.74, 6) is 0.881. The molecule has 14 heavy (non-hydrogen) atoms. The van der Waals surface area contributed by atoms with Crippen molar-refractivity contribution in [1.29, 1.82) is 0 Å². The lowest BCUT2D eigenvalue weighted by atomic mass is 10.2. The Hall–Kier alpha value is -1.06. The molecule has 1 aromatic carbocycles. The van der Waals surface area contributed by atoms with E-state index >= 15 is 0 Å². The number of hydrogen-bond acceptors (Lipinski definition) is 3. The summed E-state index contributed by atoms with van der Waals surface area (Å²) < 4.78 is 10.5. The molecule has 0 spiro atoms. The van der Waals surface area contributed by atoms with Crippen molar-refractivity contribution >= 4 is 0 Å². The number of hydrogen-bond donors (Lipinski definition) is 1. The predicted octanol–water partition coefficient (Wildman–Crippen LogP) is 1.56. The Labute approximate surface area is 84.8 Å². The van der Waals surface area contributed by atoms with Crippen molar-refractivity contribution in [3.8, 4) is 5.75 Å². The van der Waals surface area contributed by atoms with Crippen LogP contribution in [-0.4, -0.2) is 20.3 Å². The maximum Gasteiger partial charge on any atom is 0.123 e. The molecule has 0 aliphatic carbocycles. The third kappa shape index (κ3) is 3.36. The van der Waals surface area contributed by atoms with Crippen molar-refractivity contribution in [1.82, 2.24) is 0 Å². The predicted molar refractivity (Wildman–Crippen MR) is 56.3 cm³/mol. The van der Waals surface area contributed by atoms with Gasteiger partial charge in [0, 0.05) is 32.2 Å². The van der Waals surface area contributed by atoms with Crippen LogP contribution in [0.5, 0.6) is 5.75 Å². The van der Waals surface area contributed by atoms with Gasteiger partial charge in [-0.05, 0) is 6.07 Å². The number of nitrogens with two attached hydrogens (primary N) is 1. The molecule has 0 amide bonds. The van der Waals surface area contributed by atoms with Crippen LogP contribution in [0.15, 0.2) is 24.3 Å². The van der Waals surface area contributed by atoms with Crippen LogP contribution < -0.4 is 10.5 Å². The maximum atomic E-state index is 5.58. The van der Waals surface area contributed by atoms with E-state index in [1.165, 1.54) is 0 Å². The van der Waals surface area contributed by atoms with E-state index in [1.807, 2.05) is 24.3 Å². The molecule has 0 radical (unpaired) electrons. The molecule has 0 heterocycles. The Morgan fingerprint density at radius 1 is 1.21 bits per heavy atom. The van der Waals surface area contributed by atoms with Gasteiger partial charge >= 0.3 is 0 Å². The molecule has 3 heteroatoms. The summed E-state index contributed by atoms with van der Waals surface area (Å²) in [7, 11) is 1.69. The molecular weight excluding hydrogens is 178 g/mol. The zero-order valence-corrected chi connectivity index (χ0v) is 8.53. The molecule has 0 atom stereocenters. The standard InChI is InChI=1S/C11H17NO2/c1-13-7-4-8-14-11-6-3-2-5-10(11)9-12/h2-3,5-6H,4,7-9,12H2,1H3. The first-order valence-corrected chi connectivity index (χ1v) is 4.78. The van der Waals surface area contributed by atoms with E-state index in [-0.39, 0.29) is 0 Å². The zero-order chi connectivity index (χ0) is 10.2. The van der Waals surface area contributed by atoms with Crippen molar-refractivity contribution in [2.75, 3.05) is 20.3 Å². The highest BCUT2D eigenvalue weighted by molar-refractivity contribution is 5.32. The van der Waals surface area contributed by atoms with Crippen LogP contribution in [0.2, 0.25) is 0 Å². The lowest BCUT2D eigenvalue weighted by Crippen LogP contribution is -2.05. The molecule has 0 saturated carbocycles. The fourth-order valence-corrected chi connectivity index (χ4v) is 1.20. The van der Waals surface area contributed by atoms with Gasteiger partial charge in [0.1, 0.15) is 5.75 Å². The minimum absolute atomic E-state index is 0.514. The van der Waals surface area contributed by atoms with Gasteiger partial charge in [0.2, 0.25) is 0 Å². The Balaban J connectivity index is 2.41. The second-order valence-corrected chi connectivity index (χ2v) is 3.01. The number of methoxy groups -OCH3 is 1. The van der Waals surface area contributed by atoms with Crippen LogP contribution in [0.4, 0.5) is 0 Å². The summed E-state index contributed by atoms with van der Waals surface area (Å²) in [6, 6.07) is 7.83. The molecule has 1 rings (SSSR count). The minimum atomic E-state index is 0.514. The summed E-state index contributed by atoms with van der Waals surface area (Å²) in [4.78, 5) is 0. The molecular formula is C11H17NO2. The van der Waals surface area contributed by atoms with E-state index < -0.39 is 0 Å². The summed E-state index contributed by atoms with van der Waals surface area (Å²) in [6.45, 7) is 1.91. The second kappa shape index (κ2) is 6.40. The summed E-state index contributed by atoms with van der Waals surface area (Å²) in [5.41, 5.74) is 6.62. The summed E-state index contributed by atoms with van der Waals surface area (Å²) >= 11 is 0. The monoisotopic (exact) mass is 195 g/mol. The lowest BCUT2D eigenvalue weighted by Gasteiger charge is -2.09. The van der Waals surface area contributed by atoms with E-state index in [0.29, 0.717) is 13.2 Å². The van der Waals surface area contributed by atoms with Crippen LogP contribution in [0.1, 0.15) is 12.0 Å². The van der Waals surface area contributed by atoms with Gasteiger partial charge in [-0.15, -0.1) is 0 Å². The van der Waals surface area contributed by atoms with Crippen LogP contribution in [0.3, 0.4) is 0 Å². The Morgan fingerprint density at radius 3 is 2.71 bits per heavy atom. The van der Waals surface area contributed by atoms with E-state index in [1.54, 1.807) is 7.11 Å². The average molecular weight is 195 g/mol. The van der Waals surface area contributed by atoms with Gasteiger partial charge in [-0.2, -0.15) is 0 Å². The lowest BCUT2D eigenvalue weighted by molar-refractivity contribution is 0.172. The van der Waals surface area contributed by atoms with Gasteiger partial charge < -0.3 is 15.2 Å². The smallest absolute Gasteiger partial charge is 0.123 e. The molecule has 0 bridgehead atoms. The zero-order valence-electron chi connectivity index (χ0n) is 8.53. The van der Waals surface area contributed by atoms with E-state index in [2.05, 4.69) is 0 Å². The topological polar surface area (TPSA) is 44.5 Å². The van der Waals surface area contributed by atoms with Gasteiger partial charge in [-0.1, -0.05) is 18.2 Å². The van der Waals surface area contributed by atoms with E-state index in [9.17, 15) is 0 Å². The highest BCUT2D eigenvalue weighted by Crippen LogP contribution is 2.16. The fraction of sp³-hybridized carbons (Fsp3) is 0.455. The molecule has 0 aliphatic rings.